The zero-order valence-electron chi connectivity index (χ0n) is 10.9. The summed E-state index contributed by atoms with van der Waals surface area (Å²) in [5.74, 6) is -2.77. The Kier molecular flexibility index (Phi) is 6.09. The predicted molar refractivity (Wildman–Crippen MR) is 85.6 cm³/mol. The van der Waals surface area contributed by atoms with Gasteiger partial charge >= 0.3 is 0 Å². The molecule has 0 atom stereocenters. The van der Waals surface area contributed by atoms with E-state index in [9.17, 15) is 13.6 Å². The Morgan fingerprint density at radius 2 is 2.27 bits per heavy atom. The average Bonchev–Trinajstić information content (AvgIpc) is 2.90. The number of thioether (sulfide) groups is 1. The van der Waals surface area contributed by atoms with E-state index in [0.29, 0.717) is 17.3 Å². The Labute approximate surface area is 143 Å². The number of thiol groups is 1. The molecule has 2 rings (SSSR count). The molecular formula is C12H10BrF2N3O2S2. The summed E-state index contributed by atoms with van der Waals surface area (Å²) in [6.45, 7) is -0.0730. The van der Waals surface area contributed by atoms with Crippen molar-refractivity contribution < 1.29 is 18.3 Å². The highest BCUT2D eigenvalue weighted by atomic mass is 79.9. The number of rotatable bonds is 6. The van der Waals surface area contributed by atoms with Crippen LogP contribution in [0.5, 0.6) is 5.88 Å². The minimum Gasteiger partial charge on any atom is -0.472 e. The van der Waals surface area contributed by atoms with Crippen molar-refractivity contribution in [2.24, 2.45) is 0 Å². The van der Waals surface area contributed by atoms with E-state index in [1.807, 2.05) is 0 Å². The van der Waals surface area contributed by atoms with Crippen LogP contribution in [0.15, 0.2) is 35.4 Å². The number of nitrogens with zero attached hydrogens (tertiary/aromatic N) is 2. The lowest BCUT2D eigenvalue weighted by Gasteiger charge is -2.13. The molecule has 0 fully saturated rings. The third-order valence-corrected chi connectivity index (χ3v) is 3.99. The lowest BCUT2D eigenvalue weighted by Crippen LogP contribution is -2.16. The Morgan fingerprint density at radius 1 is 1.50 bits per heavy atom. The number of halogens is 3. The highest BCUT2D eigenvalue weighted by Crippen LogP contribution is 2.31. The third-order valence-electron chi connectivity index (χ3n) is 2.60. The second-order valence-electron chi connectivity index (χ2n) is 3.95. The van der Waals surface area contributed by atoms with Gasteiger partial charge in [-0.05, 0) is 24.9 Å². The smallest absolute Gasteiger partial charge is 0.288 e. The molecule has 0 aliphatic heterocycles. The molecule has 0 spiro atoms. The topological polar surface area (TPSA) is 56.1 Å². The molecule has 118 valence electrons. The number of ether oxygens (including phenoxy) is 1. The molecule has 0 aliphatic rings. The fourth-order valence-corrected chi connectivity index (χ4v) is 2.73. The van der Waals surface area contributed by atoms with E-state index in [2.05, 4.69) is 38.4 Å². The minimum absolute atomic E-state index is 0.0730. The standard InChI is InChI=1S/C12H10BrF2N3O2S2/c13-16-11(19)7-2-1-3-9(22-12(14)15)8(7)6-20-10-4-5-18(21)17-10/h1-5,12,21H,6H2,(H,16,19). The van der Waals surface area contributed by atoms with Crippen LogP contribution >= 0.6 is 40.7 Å². The van der Waals surface area contributed by atoms with E-state index >= 15 is 0 Å². The van der Waals surface area contributed by atoms with E-state index in [0.717, 1.165) is 0 Å². The van der Waals surface area contributed by atoms with Gasteiger partial charge in [-0.1, -0.05) is 17.8 Å². The maximum Gasteiger partial charge on any atom is 0.288 e. The normalized spacial score (nSPS) is 10.8. The first kappa shape index (κ1) is 17.1. The van der Waals surface area contributed by atoms with Gasteiger partial charge in [-0.15, -0.1) is 5.10 Å². The lowest BCUT2D eigenvalue weighted by atomic mass is 10.1. The predicted octanol–water partition coefficient (Wildman–Crippen LogP) is 3.51. The quantitative estimate of drug-likeness (QED) is 0.435. The number of hydrogen-bond donors (Lipinski definition) is 2. The van der Waals surface area contributed by atoms with E-state index in [-0.39, 0.29) is 22.9 Å². The fourth-order valence-electron chi connectivity index (χ4n) is 1.71. The second kappa shape index (κ2) is 7.84. The SMILES string of the molecule is O=C(NBr)c1cccc(SC(F)F)c1COc1ccn(S)n1. The van der Waals surface area contributed by atoms with Gasteiger partial charge < -0.3 is 4.74 Å². The number of aromatic nitrogens is 2. The number of alkyl halides is 2. The van der Waals surface area contributed by atoms with Gasteiger partial charge in [-0.2, -0.15) is 8.78 Å². The van der Waals surface area contributed by atoms with Crippen LogP contribution in [-0.4, -0.2) is 20.9 Å². The summed E-state index contributed by atoms with van der Waals surface area (Å²) in [6, 6.07) is 6.15. The van der Waals surface area contributed by atoms with Crippen molar-refractivity contribution in [1.29, 1.82) is 0 Å². The summed E-state index contributed by atoms with van der Waals surface area (Å²) in [6.07, 6.45) is 1.56. The Bertz CT molecular complexity index is 670. The van der Waals surface area contributed by atoms with E-state index in [4.69, 9.17) is 4.74 Å². The highest BCUT2D eigenvalue weighted by molar-refractivity contribution is 9.08. The molecule has 22 heavy (non-hydrogen) atoms. The Hall–Kier alpha value is -1.26. The summed E-state index contributed by atoms with van der Waals surface area (Å²) >= 11 is 7.17. The second-order valence-corrected chi connectivity index (χ2v) is 5.79. The molecule has 2 aromatic rings. The number of carbonyl (C=O) groups is 1. The van der Waals surface area contributed by atoms with Crippen molar-refractivity contribution in [1.82, 2.24) is 13.5 Å². The zero-order chi connectivity index (χ0) is 16.1. The van der Waals surface area contributed by atoms with Crippen LogP contribution in [-0.2, 0) is 6.61 Å². The third kappa shape index (κ3) is 4.37. The first-order chi connectivity index (χ1) is 10.5. The monoisotopic (exact) mass is 409 g/mol. The summed E-state index contributed by atoms with van der Waals surface area (Å²) in [5.41, 5.74) is 0.603. The average molecular weight is 410 g/mol. The van der Waals surface area contributed by atoms with E-state index < -0.39 is 11.7 Å². The number of amides is 1. The van der Waals surface area contributed by atoms with Crippen LogP contribution in [0.2, 0.25) is 0 Å². The van der Waals surface area contributed by atoms with Gasteiger partial charge in [-0.25, -0.2) is 4.09 Å². The largest absolute Gasteiger partial charge is 0.472 e. The number of benzene rings is 1. The molecular weight excluding hydrogens is 400 g/mol. The van der Waals surface area contributed by atoms with Crippen LogP contribution in [0.3, 0.4) is 0 Å². The molecule has 1 aromatic carbocycles. The van der Waals surface area contributed by atoms with Crippen molar-refractivity contribution in [2.75, 3.05) is 0 Å². The van der Waals surface area contributed by atoms with Gasteiger partial charge in [0.1, 0.15) is 6.61 Å². The number of nitrogens with one attached hydrogen (secondary N) is 1. The molecule has 0 saturated heterocycles. The highest BCUT2D eigenvalue weighted by Gasteiger charge is 2.18. The molecule has 1 aromatic heterocycles. The molecule has 1 heterocycles. The Morgan fingerprint density at radius 3 is 2.86 bits per heavy atom. The van der Waals surface area contributed by atoms with Crippen LogP contribution in [0.25, 0.3) is 0 Å². The summed E-state index contributed by atoms with van der Waals surface area (Å²) in [4.78, 5) is 12.1. The first-order valence-corrected chi connectivity index (χ1v) is 7.94. The molecule has 5 nitrogen and oxygen atoms in total. The number of carbonyl (C=O) groups excluding carboxylic acids is 1. The van der Waals surface area contributed by atoms with Crippen molar-refractivity contribution in [2.45, 2.75) is 17.3 Å². The Balaban J connectivity index is 2.29. The van der Waals surface area contributed by atoms with Crippen molar-refractivity contribution in [3.05, 3.63) is 41.6 Å². The zero-order valence-corrected chi connectivity index (χ0v) is 14.2. The first-order valence-electron chi connectivity index (χ1n) is 5.86. The lowest BCUT2D eigenvalue weighted by molar-refractivity contribution is 0.0983. The van der Waals surface area contributed by atoms with Crippen LogP contribution in [0, 0.1) is 0 Å². The van der Waals surface area contributed by atoms with Gasteiger partial charge in [0.2, 0.25) is 5.88 Å². The van der Waals surface area contributed by atoms with E-state index in [1.165, 1.54) is 22.3 Å². The number of hydrogen-bond acceptors (Lipinski definition) is 5. The molecule has 0 aliphatic carbocycles. The van der Waals surface area contributed by atoms with Crippen molar-refractivity contribution in [3.63, 3.8) is 0 Å². The molecule has 0 unspecified atom stereocenters. The molecule has 0 radical (unpaired) electrons. The van der Waals surface area contributed by atoms with Crippen LogP contribution in [0.4, 0.5) is 8.78 Å². The summed E-state index contributed by atoms with van der Waals surface area (Å²) in [5, 5.41) is 3.90. The molecule has 0 saturated carbocycles. The van der Waals surface area contributed by atoms with Crippen LogP contribution in [0.1, 0.15) is 15.9 Å². The molecule has 0 bridgehead atoms. The maximum atomic E-state index is 12.7. The van der Waals surface area contributed by atoms with Crippen molar-refractivity contribution in [3.8, 4) is 5.88 Å². The molecule has 1 amide bonds. The summed E-state index contributed by atoms with van der Waals surface area (Å²) in [7, 11) is 0. The van der Waals surface area contributed by atoms with Crippen LogP contribution < -0.4 is 9.08 Å². The fraction of sp³-hybridized carbons (Fsp3) is 0.167. The molecule has 10 heteroatoms. The van der Waals surface area contributed by atoms with Gasteiger partial charge in [0, 0.05) is 44.4 Å². The van der Waals surface area contributed by atoms with E-state index in [1.54, 1.807) is 12.3 Å². The van der Waals surface area contributed by atoms with Crippen molar-refractivity contribution >= 4 is 46.6 Å². The van der Waals surface area contributed by atoms with Gasteiger partial charge in [0.05, 0.1) is 0 Å². The molecule has 1 N–H and O–H groups in total. The minimum atomic E-state index is -2.60. The maximum absolute atomic E-state index is 12.7. The summed E-state index contributed by atoms with van der Waals surface area (Å²) < 4.78 is 34.3. The van der Waals surface area contributed by atoms with Gasteiger partial charge in [0.15, 0.2) is 0 Å². The van der Waals surface area contributed by atoms with Gasteiger partial charge in [0.25, 0.3) is 11.7 Å². The van der Waals surface area contributed by atoms with Gasteiger partial charge in [-0.3, -0.25) is 9.14 Å².